The highest BCUT2D eigenvalue weighted by molar-refractivity contribution is 5.97. The molecule has 166 valence electrons. The number of amides is 2. The summed E-state index contributed by atoms with van der Waals surface area (Å²) in [7, 11) is 0. The maximum absolute atomic E-state index is 13.6. The number of benzene rings is 2. The minimum atomic E-state index is -0.466. The van der Waals surface area contributed by atoms with Crippen LogP contribution in [0.3, 0.4) is 0 Å². The van der Waals surface area contributed by atoms with Crippen LogP contribution in [0, 0.1) is 0 Å². The number of hydrogen-bond donors (Lipinski definition) is 1. The summed E-state index contributed by atoms with van der Waals surface area (Å²) in [5, 5.41) is 1.15. The molecule has 3 atom stereocenters. The molecule has 0 spiro atoms. The highest BCUT2D eigenvalue weighted by Crippen LogP contribution is 2.43. The smallest absolute Gasteiger partial charge is 0.246 e. The van der Waals surface area contributed by atoms with Crippen molar-refractivity contribution in [2.75, 3.05) is 6.54 Å². The molecule has 5 rings (SSSR count). The zero-order valence-corrected chi connectivity index (χ0v) is 19.3. The molecule has 2 aromatic carbocycles. The van der Waals surface area contributed by atoms with Gasteiger partial charge in [-0.3, -0.25) is 9.59 Å². The van der Waals surface area contributed by atoms with E-state index in [-0.39, 0.29) is 30.4 Å². The first-order valence-electron chi connectivity index (χ1n) is 11.7. The lowest BCUT2D eigenvalue weighted by molar-refractivity contribution is -0.160. The van der Waals surface area contributed by atoms with E-state index in [4.69, 9.17) is 0 Å². The van der Waals surface area contributed by atoms with Crippen molar-refractivity contribution in [3.63, 3.8) is 0 Å². The number of carbonyl (C=O) groups excluding carboxylic acids is 2. The number of aromatic amines is 1. The van der Waals surface area contributed by atoms with E-state index in [1.165, 1.54) is 5.56 Å². The summed E-state index contributed by atoms with van der Waals surface area (Å²) in [6, 6.07) is 16.1. The summed E-state index contributed by atoms with van der Waals surface area (Å²) in [6.07, 6.45) is 1.39. The third kappa shape index (κ3) is 3.14. The Morgan fingerprint density at radius 1 is 1.03 bits per heavy atom. The van der Waals surface area contributed by atoms with Gasteiger partial charge in [0.05, 0.1) is 6.04 Å². The second-order valence-corrected chi connectivity index (χ2v) is 9.53. The molecule has 1 N–H and O–H groups in total. The Balaban J connectivity index is 1.67. The van der Waals surface area contributed by atoms with Crippen molar-refractivity contribution >= 4 is 22.7 Å². The molecule has 0 saturated carbocycles. The van der Waals surface area contributed by atoms with Gasteiger partial charge in [0.25, 0.3) is 0 Å². The molecule has 2 unspecified atom stereocenters. The van der Waals surface area contributed by atoms with E-state index in [0.717, 1.165) is 34.1 Å². The predicted molar refractivity (Wildman–Crippen MR) is 126 cm³/mol. The molecule has 2 amide bonds. The Labute approximate surface area is 189 Å². The normalized spacial score (nSPS) is 21.8. The summed E-state index contributed by atoms with van der Waals surface area (Å²) >= 11 is 0. The Morgan fingerprint density at radius 3 is 2.44 bits per heavy atom. The number of aromatic nitrogens is 1. The number of para-hydroxylation sites is 1. The van der Waals surface area contributed by atoms with Crippen molar-refractivity contribution in [3.8, 4) is 0 Å². The molecule has 0 bridgehead atoms. The minimum Gasteiger partial charge on any atom is -0.356 e. The van der Waals surface area contributed by atoms with Crippen LogP contribution in [0.5, 0.6) is 0 Å². The van der Waals surface area contributed by atoms with Gasteiger partial charge in [0.2, 0.25) is 11.8 Å². The van der Waals surface area contributed by atoms with Gasteiger partial charge in [0.15, 0.2) is 0 Å². The fraction of sp³-hybridized carbons (Fsp3) is 0.407. The van der Waals surface area contributed by atoms with Crippen molar-refractivity contribution in [2.24, 2.45) is 0 Å². The Bertz CT molecular complexity index is 1180. The monoisotopic (exact) mass is 429 g/mol. The van der Waals surface area contributed by atoms with Crippen LogP contribution in [0.25, 0.3) is 10.9 Å². The average Bonchev–Trinajstić information content (AvgIpc) is 3.18. The van der Waals surface area contributed by atoms with E-state index in [1.807, 2.05) is 24.0 Å². The number of nitrogens with one attached hydrogen (secondary N) is 1. The van der Waals surface area contributed by atoms with Crippen LogP contribution in [0.2, 0.25) is 0 Å². The first kappa shape index (κ1) is 20.8. The third-order valence-electron chi connectivity index (χ3n) is 7.33. The number of nitrogens with zero attached hydrogens (tertiary/aromatic N) is 2. The zero-order valence-electron chi connectivity index (χ0n) is 19.3. The number of rotatable bonds is 4. The van der Waals surface area contributed by atoms with Crippen LogP contribution in [0.15, 0.2) is 48.5 Å². The summed E-state index contributed by atoms with van der Waals surface area (Å²) < 4.78 is 0. The molecule has 32 heavy (non-hydrogen) atoms. The summed E-state index contributed by atoms with van der Waals surface area (Å²) in [5.41, 5.74) is 5.57. The second kappa shape index (κ2) is 7.80. The molecular weight excluding hydrogens is 398 g/mol. The quantitative estimate of drug-likeness (QED) is 0.649. The standard InChI is InChI=1S/C27H31N3O2/c1-5-17(4)29-15-24(31)30-23(27(29)32)14-21-20-8-6-7-9-22(20)28-25(21)26(30)19-12-10-18(11-13-19)16(2)3/h6-13,16-17,23,26,28H,5,14-15H2,1-4H3/t17?,23-,26?/m0/s1. The van der Waals surface area contributed by atoms with Gasteiger partial charge in [0.1, 0.15) is 12.6 Å². The molecule has 1 saturated heterocycles. The fourth-order valence-corrected chi connectivity index (χ4v) is 5.29. The van der Waals surface area contributed by atoms with E-state index < -0.39 is 6.04 Å². The molecular formula is C27H31N3O2. The van der Waals surface area contributed by atoms with Crippen molar-refractivity contribution < 1.29 is 9.59 Å². The first-order chi connectivity index (χ1) is 15.4. The molecule has 2 aliphatic heterocycles. The maximum Gasteiger partial charge on any atom is 0.246 e. The van der Waals surface area contributed by atoms with Crippen molar-refractivity contribution in [1.29, 1.82) is 0 Å². The van der Waals surface area contributed by atoms with E-state index in [2.05, 4.69) is 62.2 Å². The van der Waals surface area contributed by atoms with Gasteiger partial charge in [0, 0.05) is 29.1 Å². The molecule has 3 aromatic rings. The van der Waals surface area contributed by atoms with Crippen LogP contribution < -0.4 is 0 Å². The van der Waals surface area contributed by atoms with Crippen LogP contribution in [0.4, 0.5) is 0 Å². The Hall–Kier alpha value is -3.08. The number of piperazine rings is 1. The van der Waals surface area contributed by atoms with E-state index in [9.17, 15) is 9.59 Å². The second-order valence-electron chi connectivity index (χ2n) is 9.53. The summed E-state index contributed by atoms with van der Waals surface area (Å²) in [5.74, 6) is 0.532. The lowest BCUT2D eigenvalue weighted by atomic mass is 9.85. The molecule has 5 nitrogen and oxygen atoms in total. The average molecular weight is 430 g/mol. The van der Waals surface area contributed by atoms with Gasteiger partial charge < -0.3 is 14.8 Å². The minimum absolute atomic E-state index is 0.0251. The predicted octanol–water partition coefficient (Wildman–Crippen LogP) is 4.77. The lowest BCUT2D eigenvalue weighted by Gasteiger charge is -2.48. The van der Waals surface area contributed by atoms with Crippen LogP contribution in [-0.4, -0.2) is 45.2 Å². The highest BCUT2D eigenvalue weighted by atomic mass is 16.2. The highest BCUT2D eigenvalue weighted by Gasteiger charge is 2.48. The van der Waals surface area contributed by atoms with Crippen molar-refractivity contribution in [2.45, 2.75) is 64.6 Å². The summed E-state index contributed by atoms with van der Waals surface area (Å²) in [4.78, 5) is 34.3. The first-order valence-corrected chi connectivity index (χ1v) is 11.7. The molecule has 2 aliphatic rings. The van der Waals surface area contributed by atoms with Crippen molar-refractivity contribution in [3.05, 3.63) is 70.9 Å². The van der Waals surface area contributed by atoms with Gasteiger partial charge in [-0.15, -0.1) is 0 Å². The number of carbonyl (C=O) groups is 2. The van der Waals surface area contributed by atoms with Crippen LogP contribution in [0.1, 0.15) is 68.5 Å². The molecule has 1 fully saturated rings. The van der Waals surface area contributed by atoms with Crippen LogP contribution >= 0.6 is 0 Å². The van der Waals surface area contributed by atoms with E-state index in [1.54, 1.807) is 4.90 Å². The Kier molecular flexibility index (Phi) is 5.07. The SMILES string of the molecule is CCC(C)N1CC(=O)N2C(c3ccc(C(C)C)cc3)c3[nH]c4ccccc4c3C[C@H]2C1=O. The molecule has 3 heterocycles. The molecule has 1 aromatic heterocycles. The van der Waals surface area contributed by atoms with Gasteiger partial charge in [-0.05, 0) is 42.0 Å². The third-order valence-corrected chi connectivity index (χ3v) is 7.33. The zero-order chi connectivity index (χ0) is 22.6. The van der Waals surface area contributed by atoms with Crippen LogP contribution in [-0.2, 0) is 16.0 Å². The Morgan fingerprint density at radius 2 is 1.75 bits per heavy atom. The van der Waals surface area contributed by atoms with Gasteiger partial charge in [-0.2, -0.15) is 0 Å². The topological polar surface area (TPSA) is 56.4 Å². The van der Waals surface area contributed by atoms with E-state index >= 15 is 0 Å². The maximum atomic E-state index is 13.6. The largest absolute Gasteiger partial charge is 0.356 e. The van der Waals surface area contributed by atoms with E-state index in [0.29, 0.717) is 12.3 Å². The van der Waals surface area contributed by atoms with Gasteiger partial charge in [-0.25, -0.2) is 0 Å². The fourth-order valence-electron chi connectivity index (χ4n) is 5.29. The van der Waals surface area contributed by atoms with Crippen molar-refractivity contribution in [1.82, 2.24) is 14.8 Å². The molecule has 5 heteroatoms. The lowest BCUT2D eigenvalue weighted by Crippen LogP contribution is -2.64. The molecule has 0 radical (unpaired) electrons. The number of hydrogen-bond acceptors (Lipinski definition) is 2. The van der Waals surface area contributed by atoms with Gasteiger partial charge >= 0.3 is 0 Å². The van der Waals surface area contributed by atoms with Gasteiger partial charge in [-0.1, -0.05) is 63.2 Å². The number of H-pyrrole nitrogens is 1. The molecule has 0 aliphatic carbocycles. The number of fused-ring (bicyclic) bond motifs is 4. The summed E-state index contributed by atoms with van der Waals surface area (Å²) in [6.45, 7) is 8.60.